The van der Waals surface area contributed by atoms with Crippen molar-refractivity contribution in [2.75, 3.05) is 21.3 Å². The first-order valence-corrected chi connectivity index (χ1v) is 17.3. The maximum absolute atomic E-state index is 5.58. The van der Waals surface area contributed by atoms with Gasteiger partial charge in [-0.25, -0.2) is 0 Å². The van der Waals surface area contributed by atoms with E-state index < -0.39 is 25.0 Å². The lowest BCUT2D eigenvalue weighted by Gasteiger charge is -2.30. The molecule has 0 bridgehead atoms. The molecule has 1 aromatic rings. The van der Waals surface area contributed by atoms with E-state index in [-0.39, 0.29) is 0 Å². The van der Waals surface area contributed by atoms with Gasteiger partial charge in [-0.2, -0.15) is 0 Å². The van der Waals surface area contributed by atoms with Crippen LogP contribution in [0.4, 0.5) is 0 Å². The van der Waals surface area contributed by atoms with E-state index in [0.29, 0.717) is 0 Å². The van der Waals surface area contributed by atoms with Crippen LogP contribution >= 0.6 is 0 Å². The highest BCUT2D eigenvalue weighted by Gasteiger charge is 2.40. The second kappa shape index (κ2) is 8.91. The van der Waals surface area contributed by atoms with Gasteiger partial charge < -0.3 is 13.3 Å². The minimum Gasteiger partial charge on any atom is -0.377 e. The van der Waals surface area contributed by atoms with Crippen molar-refractivity contribution in [2.24, 2.45) is 0 Å². The van der Waals surface area contributed by atoms with Crippen molar-refractivity contribution < 1.29 is 13.3 Å². The second-order valence-electron chi connectivity index (χ2n) is 7.89. The van der Waals surface area contributed by atoms with Gasteiger partial charge in [0.2, 0.25) is 0 Å². The van der Waals surface area contributed by atoms with Crippen LogP contribution < -0.4 is 10.4 Å². The van der Waals surface area contributed by atoms with E-state index in [0.717, 1.165) is 12.1 Å². The van der Waals surface area contributed by atoms with E-state index in [1.54, 1.807) is 26.5 Å². The second-order valence-corrected chi connectivity index (χ2v) is 20.7. The Balaban J connectivity index is 2.88. The number of hydrogen-bond donors (Lipinski definition) is 0. The molecule has 138 valence electrons. The van der Waals surface area contributed by atoms with Gasteiger partial charge in [-0.3, -0.25) is 0 Å². The van der Waals surface area contributed by atoms with Crippen molar-refractivity contribution in [3.8, 4) is 0 Å². The lowest BCUT2D eigenvalue weighted by molar-refractivity contribution is 0.125. The molecule has 0 aliphatic carbocycles. The summed E-state index contributed by atoms with van der Waals surface area (Å²) in [7, 11) is -0.171. The molecule has 0 heterocycles. The van der Waals surface area contributed by atoms with Crippen LogP contribution in [0.15, 0.2) is 24.3 Å². The predicted molar refractivity (Wildman–Crippen MR) is 112 cm³/mol. The van der Waals surface area contributed by atoms with Gasteiger partial charge in [-0.15, -0.1) is 0 Å². The molecular formula is C18H36O3Si3. The quantitative estimate of drug-likeness (QED) is 0.574. The van der Waals surface area contributed by atoms with Crippen LogP contribution in [0.3, 0.4) is 0 Å². The molecule has 0 radical (unpaired) electrons. The molecule has 0 saturated heterocycles. The van der Waals surface area contributed by atoms with E-state index >= 15 is 0 Å². The molecule has 3 nitrogen and oxygen atoms in total. The minimum absolute atomic E-state index is 0.882. The fourth-order valence-electron chi connectivity index (χ4n) is 3.31. The molecule has 0 aromatic heterocycles. The Morgan fingerprint density at radius 1 is 0.667 bits per heavy atom. The molecule has 0 aliphatic heterocycles. The first-order chi connectivity index (χ1) is 11.2. The Hall–Kier alpha value is -0.249. The normalized spacial score (nSPS) is 13.3. The zero-order chi connectivity index (χ0) is 18.4. The summed E-state index contributed by atoms with van der Waals surface area (Å²) in [4.78, 5) is 0. The van der Waals surface area contributed by atoms with Crippen LogP contribution in [-0.4, -0.2) is 46.3 Å². The lowest BCUT2D eigenvalue weighted by Crippen LogP contribution is -2.48. The van der Waals surface area contributed by atoms with E-state index in [1.165, 1.54) is 17.7 Å². The summed E-state index contributed by atoms with van der Waals surface area (Å²) in [6, 6.07) is 12.9. The zero-order valence-corrected chi connectivity index (χ0v) is 19.9. The van der Waals surface area contributed by atoms with Gasteiger partial charge in [0.05, 0.1) is 16.1 Å². The average Bonchev–Trinajstić information content (AvgIpc) is 2.57. The summed E-state index contributed by atoms with van der Waals surface area (Å²) in [5.74, 6) is 0. The molecule has 0 atom stereocenters. The monoisotopic (exact) mass is 384 g/mol. The molecule has 0 amide bonds. The van der Waals surface area contributed by atoms with Crippen LogP contribution in [0.25, 0.3) is 0 Å². The largest absolute Gasteiger partial charge is 0.499 e. The number of rotatable bonds is 10. The molecule has 0 spiro atoms. The molecule has 0 unspecified atom stereocenters. The molecule has 1 aromatic carbocycles. The Bertz CT molecular complexity index is 488. The third kappa shape index (κ3) is 5.37. The van der Waals surface area contributed by atoms with Crippen molar-refractivity contribution in [1.29, 1.82) is 0 Å². The topological polar surface area (TPSA) is 27.7 Å². The lowest BCUT2D eigenvalue weighted by atomic mass is 10.4. The minimum atomic E-state index is -2.47. The van der Waals surface area contributed by atoms with Gasteiger partial charge in [0.15, 0.2) is 0 Å². The zero-order valence-electron chi connectivity index (χ0n) is 16.9. The van der Waals surface area contributed by atoms with Gasteiger partial charge >= 0.3 is 8.80 Å². The summed E-state index contributed by atoms with van der Waals surface area (Å²) in [5.41, 5.74) is 0. The maximum atomic E-state index is 5.58. The van der Waals surface area contributed by atoms with Crippen molar-refractivity contribution in [2.45, 2.75) is 57.7 Å². The summed E-state index contributed by atoms with van der Waals surface area (Å²) in [6.45, 7) is 12.1. The molecule has 0 aliphatic rings. The Kier molecular flexibility index (Phi) is 8.09. The van der Waals surface area contributed by atoms with Crippen LogP contribution in [-0.2, 0) is 13.3 Å². The Morgan fingerprint density at radius 2 is 1.04 bits per heavy atom. The average molecular weight is 385 g/mol. The molecule has 1 rings (SSSR count). The third-order valence-electron chi connectivity index (χ3n) is 5.31. The van der Waals surface area contributed by atoms with E-state index in [4.69, 9.17) is 13.3 Å². The van der Waals surface area contributed by atoms with Gasteiger partial charge in [0, 0.05) is 27.4 Å². The third-order valence-corrected chi connectivity index (χ3v) is 15.6. The highest BCUT2D eigenvalue weighted by Crippen LogP contribution is 2.22. The molecule has 0 saturated carbocycles. The van der Waals surface area contributed by atoms with Crippen molar-refractivity contribution >= 4 is 35.3 Å². The summed E-state index contributed by atoms with van der Waals surface area (Å²) in [5, 5.41) is 3.09. The van der Waals surface area contributed by atoms with E-state index in [1.807, 2.05) is 0 Å². The smallest absolute Gasteiger partial charge is 0.377 e. The van der Waals surface area contributed by atoms with Gasteiger partial charge in [0.1, 0.15) is 0 Å². The molecule has 0 fully saturated rings. The van der Waals surface area contributed by atoms with E-state index in [9.17, 15) is 0 Å². The number of benzene rings is 1. The number of hydrogen-bond acceptors (Lipinski definition) is 3. The van der Waals surface area contributed by atoms with Gasteiger partial charge in [-0.1, -0.05) is 80.2 Å². The van der Waals surface area contributed by atoms with Gasteiger partial charge in [0.25, 0.3) is 0 Å². The van der Waals surface area contributed by atoms with E-state index in [2.05, 4.69) is 57.4 Å². The Labute approximate surface area is 152 Å². The van der Waals surface area contributed by atoms with Crippen molar-refractivity contribution in [3.05, 3.63) is 24.3 Å². The fraction of sp³-hybridized carbons (Fsp3) is 0.667. The first-order valence-electron chi connectivity index (χ1n) is 8.93. The van der Waals surface area contributed by atoms with Crippen LogP contribution in [0.2, 0.25) is 44.3 Å². The Morgan fingerprint density at radius 3 is 1.38 bits per heavy atom. The summed E-state index contributed by atoms with van der Waals surface area (Å²) >= 11 is 0. The van der Waals surface area contributed by atoms with Crippen molar-refractivity contribution in [1.82, 2.24) is 0 Å². The van der Waals surface area contributed by atoms with Crippen LogP contribution in [0.5, 0.6) is 0 Å². The standard InChI is InChI=1S/C18H36O3Si3/c1-9-14-22(5,6)17-10-12-18(13-11-17)23(7,8)15-16-24(19-2,20-3)21-4/h10-13H,9,14-16H2,1-8H3. The first kappa shape index (κ1) is 21.8. The predicted octanol–water partition coefficient (Wildman–Crippen LogP) is 3.81. The molecule has 24 heavy (non-hydrogen) atoms. The highest BCUT2D eigenvalue weighted by atomic mass is 28.4. The fourth-order valence-corrected chi connectivity index (χ4v) is 12.1. The summed E-state index contributed by atoms with van der Waals surface area (Å²) in [6.07, 6.45) is 1.28. The van der Waals surface area contributed by atoms with Crippen LogP contribution in [0.1, 0.15) is 13.3 Å². The molecular weight excluding hydrogens is 348 g/mol. The SMILES string of the molecule is CCC[Si](C)(C)c1ccc([Si](C)(C)CC[Si](OC)(OC)OC)cc1. The maximum Gasteiger partial charge on any atom is 0.499 e. The van der Waals surface area contributed by atoms with Gasteiger partial charge in [-0.05, 0) is 6.04 Å². The molecule has 0 N–H and O–H groups in total. The highest BCUT2D eigenvalue weighted by molar-refractivity contribution is 6.91. The van der Waals surface area contributed by atoms with Crippen molar-refractivity contribution in [3.63, 3.8) is 0 Å². The van der Waals surface area contributed by atoms with Crippen LogP contribution in [0, 0.1) is 0 Å². The summed E-state index contributed by atoms with van der Waals surface area (Å²) < 4.78 is 16.7. The molecule has 6 heteroatoms.